The number of carbonyl (C=O) groups excluding carboxylic acids is 2. The summed E-state index contributed by atoms with van der Waals surface area (Å²) in [5.41, 5.74) is 1.40. The molecule has 2 aliphatic heterocycles. The van der Waals surface area contributed by atoms with Crippen LogP contribution in [0.2, 0.25) is 0 Å². The van der Waals surface area contributed by atoms with E-state index >= 15 is 0 Å². The summed E-state index contributed by atoms with van der Waals surface area (Å²) in [5, 5.41) is 2.95. The van der Waals surface area contributed by atoms with Crippen LogP contribution in [0.5, 0.6) is 0 Å². The molecule has 5 heteroatoms. The fraction of sp³-hybridized carbons (Fsp3) is 0.636. The Morgan fingerprint density at radius 1 is 1.04 bits per heavy atom. The lowest BCUT2D eigenvalue weighted by molar-refractivity contribution is -0.117. The lowest BCUT2D eigenvalue weighted by Gasteiger charge is -2.41. The van der Waals surface area contributed by atoms with E-state index in [1.54, 1.807) is 0 Å². The predicted octanol–water partition coefficient (Wildman–Crippen LogP) is 3.51. The Bertz CT molecular complexity index is 705. The molecule has 0 aromatic heterocycles. The first-order valence-corrected chi connectivity index (χ1v) is 10.5. The number of rotatable bonds is 4. The van der Waals surface area contributed by atoms with E-state index in [0.29, 0.717) is 23.7 Å². The molecule has 0 spiro atoms. The molecule has 1 aliphatic carbocycles. The summed E-state index contributed by atoms with van der Waals surface area (Å²) >= 11 is 0. The van der Waals surface area contributed by atoms with Gasteiger partial charge in [0.2, 0.25) is 5.91 Å². The number of carbonyl (C=O) groups is 2. The SMILES string of the molecule is C[C@@H]1CC[C@@H](C)N1[C@H]1CCCN(C(=O)c2cccc(NC(=O)C3CC3)c2)C1. The summed E-state index contributed by atoms with van der Waals surface area (Å²) < 4.78 is 0. The second-order valence-corrected chi connectivity index (χ2v) is 8.61. The molecule has 27 heavy (non-hydrogen) atoms. The van der Waals surface area contributed by atoms with Gasteiger partial charge in [0.05, 0.1) is 0 Å². The minimum absolute atomic E-state index is 0.0784. The van der Waals surface area contributed by atoms with Crippen LogP contribution in [0.15, 0.2) is 24.3 Å². The van der Waals surface area contributed by atoms with Crippen molar-refractivity contribution in [3.8, 4) is 0 Å². The lowest BCUT2D eigenvalue weighted by Crippen LogP contribution is -2.52. The number of hydrogen-bond donors (Lipinski definition) is 1. The van der Waals surface area contributed by atoms with Crippen molar-refractivity contribution in [2.75, 3.05) is 18.4 Å². The van der Waals surface area contributed by atoms with Gasteiger partial charge in [-0.1, -0.05) is 6.07 Å². The van der Waals surface area contributed by atoms with E-state index in [2.05, 4.69) is 24.1 Å². The summed E-state index contributed by atoms with van der Waals surface area (Å²) in [6.45, 7) is 6.27. The number of benzene rings is 1. The third-order valence-corrected chi connectivity index (χ3v) is 6.45. The van der Waals surface area contributed by atoms with Gasteiger partial charge in [-0.05, 0) is 70.6 Å². The molecule has 2 amide bonds. The Hall–Kier alpha value is -1.88. The summed E-state index contributed by atoms with van der Waals surface area (Å²) in [6, 6.07) is 9.11. The molecular weight excluding hydrogens is 338 g/mol. The van der Waals surface area contributed by atoms with Crippen LogP contribution in [0.25, 0.3) is 0 Å². The van der Waals surface area contributed by atoms with E-state index in [1.165, 1.54) is 19.3 Å². The second kappa shape index (κ2) is 7.63. The van der Waals surface area contributed by atoms with Crippen molar-refractivity contribution in [2.45, 2.75) is 70.5 Å². The van der Waals surface area contributed by atoms with E-state index in [0.717, 1.165) is 38.0 Å². The number of likely N-dealkylation sites (tertiary alicyclic amines) is 2. The third kappa shape index (κ3) is 4.03. The van der Waals surface area contributed by atoms with Crippen LogP contribution in [-0.2, 0) is 4.79 Å². The molecule has 2 saturated heterocycles. The predicted molar refractivity (Wildman–Crippen MR) is 107 cm³/mol. The maximum absolute atomic E-state index is 13.1. The zero-order valence-corrected chi connectivity index (χ0v) is 16.5. The number of hydrogen-bond acceptors (Lipinski definition) is 3. The molecule has 1 aromatic carbocycles. The van der Waals surface area contributed by atoms with Crippen molar-refractivity contribution in [1.82, 2.24) is 9.80 Å². The number of amides is 2. The van der Waals surface area contributed by atoms with Crippen LogP contribution < -0.4 is 5.32 Å². The van der Waals surface area contributed by atoms with E-state index in [-0.39, 0.29) is 17.7 Å². The van der Waals surface area contributed by atoms with Gasteiger partial charge < -0.3 is 10.2 Å². The lowest BCUT2D eigenvalue weighted by atomic mass is 10.0. The Labute approximate surface area is 162 Å². The normalized spacial score (nSPS) is 29.0. The smallest absolute Gasteiger partial charge is 0.253 e. The van der Waals surface area contributed by atoms with Crippen molar-refractivity contribution in [3.63, 3.8) is 0 Å². The summed E-state index contributed by atoms with van der Waals surface area (Å²) in [4.78, 5) is 29.7. The van der Waals surface area contributed by atoms with Gasteiger partial charge in [0.25, 0.3) is 5.91 Å². The minimum atomic E-state index is 0.0784. The Balaban J connectivity index is 1.43. The largest absolute Gasteiger partial charge is 0.337 e. The highest BCUT2D eigenvalue weighted by molar-refractivity contribution is 5.98. The molecule has 146 valence electrons. The van der Waals surface area contributed by atoms with Gasteiger partial charge in [-0.25, -0.2) is 0 Å². The monoisotopic (exact) mass is 369 g/mol. The Morgan fingerprint density at radius 3 is 2.48 bits per heavy atom. The van der Waals surface area contributed by atoms with Crippen molar-refractivity contribution in [3.05, 3.63) is 29.8 Å². The highest BCUT2D eigenvalue weighted by atomic mass is 16.2. The van der Waals surface area contributed by atoms with Crippen LogP contribution in [0, 0.1) is 5.92 Å². The van der Waals surface area contributed by atoms with Gasteiger partial charge in [-0.15, -0.1) is 0 Å². The first-order chi connectivity index (χ1) is 13.0. The van der Waals surface area contributed by atoms with Crippen LogP contribution >= 0.6 is 0 Å². The van der Waals surface area contributed by atoms with Crippen LogP contribution in [0.3, 0.4) is 0 Å². The van der Waals surface area contributed by atoms with Crippen molar-refractivity contribution < 1.29 is 9.59 Å². The van der Waals surface area contributed by atoms with Crippen molar-refractivity contribution in [2.24, 2.45) is 5.92 Å². The van der Waals surface area contributed by atoms with Crippen LogP contribution in [-0.4, -0.2) is 52.8 Å². The zero-order valence-electron chi connectivity index (χ0n) is 16.5. The molecule has 5 nitrogen and oxygen atoms in total. The zero-order chi connectivity index (χ0) is 19.0. The van der Waals surface area contributed by atoms with Gasteiger partial charge in [0.15, 0.2) is 0 Å². The Morgan fingerprint density at radius 2 is 1.78 bits per heavy atom. The molecule has 2 heterocycles. The topological polar surface area (TPSA) is 52.6 Å². The summed E-state index contributed by atoms with van der Waals surface area (Å²) in [7, 11) is 0. The molecule has 4 rings (SSSR count). The number of piperidine rings is 1. The van der Waals surface area contributed by atoms with E-state index < -0.39 is 0 Å². The molecule has 0 bridgehead atoms. The second-order valence-electron chi connectivity index (χ2n) is 8.61. The number of nitrogens with zero attached hydrogens (tertiary/aromatic N) is 2. The van der Waals surface area contributed by atoms with E-state index in [1.807, 2.05) is 29.2 Å². The first kappa shape index (κ1) is 18.5. The molecule has 0 radical (unpaired) electrons. The maximum atomic E-state index is 13.1. The summed E-state index contributed by atoms with van der Waals surface area (Å²) in [5.74, 6) is 0.327. The van der Waals surface area contributed by atoms with Gasteiger partial charge in [-0.3, -0.25) is 14.5 Å². The van der Waals surface area contributed by atoms with E-state index in [9.17, 15) is 9.59 Å². The van der Waals surface area contributed by atoms with Crippen LogP contribution in [0.1, 0.15) is 62.7 Å². The fourth-order valence-electron chi connectivity index (χ4n) is 4.82. The van der Waals surface area contributed by atoms with Crippen molar-refractivity contribution >= 4 is 17.5 Å². The van der Waals surface area contributed by atoms with E-state index in [4.69, 9.17) is 0 Å². The molecule has 3 fully saturated rings. The average molecular weight is 370 g/mol. The summed E-state index contributed by atoms with van der Waals surface area (Å²) in [6.07, 6.45) is 6.71. The molecule has 3 aliphatic rings. The molecule has 1 aromatic rings. The van der Waals surface area contributed by atoms with Gasteiger partial charge in [-0.2, -0.15) is 0 Å². The quantitative estimate of drug-likeness (QED) is 0.884. The number of nitrogens with one attached hydrogen (secondary N) is 1. The highest BCUT2D eigenvalue weighted by Crippen LogP contribution is 2.31. The molecule has 1 N–H and O–H groups in total. The minimum Gasteiger partial charge on any atom is -0.337 e. The third-order valence-electron chi connectivity index (χ3n) is 6.45. The number of anilines is 1. The molecule has 3 atom stereocenters. The van der Waals surface area contributed by atoms with Gasteiger partial charge in [0.1, 0.15) is 0 Å². The van der Waals surface area contributed by atoms with Crippen molar-refractivity contribution in [1.29, 1.82) is 0 Å². The molecular formula is C22H31N3O2. The Kier molecular flexibility index (Phi) is 5.22. The van der Waals surface area contributed by atoms with Crippen LogP contribution in [0.4, 0.5) is 5.69 Å². The van der Waals surface area contributed by atoms with Gasteiger partial charge in [0, 0.05) is 48.4 Å². The standard InChI is InChI=1S/C22H31N3O2/c1-15-8-9-16(2)25(15)20-7-4-12-24(14-20)22(27)18-5-3-6-19(13-18)23-21(26)17-10-11-17/h3,5-6,13,15-17,20H,4,7-12,14H2,1-2H3,(H,23,26)/t15-,16-,20+/m1/s1. The highest BCUT2D eigenvalue weighted by Gasteiger charge is 2.36. The molecule has 1 saturated carbocycles. The first-order valence-electron chi connectivity index (χ1n) is 10.5. The van der Waals surface area contributed by atoms with Gasteiger partial charge >= 0.3 is 0 Å². The fourth-order valence-corrected chi connectivity index (χ4v) is 4.82. The maximum Gasteiger partial charge on any atom is 0.253 e. The molecule has 0 unspecified atom stereocenters. The average Bonchev–Trinajstić information content (AvgIpc) is 3.47.